The molecule has 0 aliphatic heterocycles. The first-order valence-electron chi connectivity index (χ1n) is 8.43. The number of aryl methyl sites for hydroxylation is 1. The van der Waals surface area contributed by atoms with Crippen LogP contribution in [-0.2, 0) is 6.42 Å². The standard InChI is InChI=1S/C19H29N/c1-4-20-18(17-13-19(17,2)3)12-15-10-7-9-14-8-5-6-11-16(14)15/h5-6,8,11,15,17-18,20H,4,7,9-10,12-13H2,1-3H3. The van der Waals surface area contributed by atoms with Gasteiger partial charge >= 0.3 is 0 Å². The fraction of sp³-hybridized carbons (Fsp3) is 0.684. The Morgan fingerprint density at radius 1 is 1.30 bits per heavy atom. The third-order valence-electron chi connectivity index (χ3n) is 5.57. The van der Waals surface area contributed by atoms with E-state index < -0.39 is 0 Å². The first kappa shape index (κ1) is 14.1. The second-order valence-electron chi connectivity index (χ2n) is 7.49. The summed E-state index contributed by atoms with van der Waals surface area (Å²) in [5.74, 6) is 1.66. The molecule has 0 heterocycles. The van der Waals surface area contributed by atoms with Crippen molar-refractivity contribution >= 4 is 0 Å². The van der Waals surface area contributed by atoms with Crippen molar-refractivity contribution in [2.24, 2.45) is 11.3 Å². The second kappa shape index (κ2) is 5.52. The molecule has 3 atom stereocenters. The molecule has 0 saturated heterocycles. The smallest absolute Gasteiger partial charge is 0.0106 e. The molecule has 110 valence electrons. The van der Waals surface area contributed by atoms with Crippen LogP contribution in [0, 0.1) is 11.3 Å². The average Bonchev–Trinajstić information content (AvgIpc) is 3.07. The Bertz CT molecular complexity index is 463. The largest absolute Gasteiger partial charge is 0.314 e. The summed E-state index contributed by atoms with van der Waals surface area (Å²) < 4.78 is 0. The molecular weight excluding hydrogens is 242 g/mol. The number of hydrogen-bond acceptors (Lipinski definition) is 1. The van der Waals surface area contributed by atoms with Gasteiger partial charge in [0.25, 0.3) is 0 Å². The number of rotatable bonds is 5. The van der Waals surface area contributed by atoms with E-state index in [1.807, 2.05) is 0 Å². The average molecular weight is 271 g/mol. The maximum atomic E-state index is 3.78. The maximum absolute atomic E-state index is 3.78. The van der Waals surface area contributed by atoms with Gasteiger partial charge in [0.2, 0.25) is 0 Å². The third-order valence-corrected chi connectivity index (χ3v) is 5.57. The molecule has 20 heavy (non-hydrogen) atoms. The quantitative estimate of drug-likeness (QED) is 0.830. The lowest BCUT2D eigenvalue weighted by atomic mass is 9.78. The maximum Gasteiger partial charge on any atom is 0.0106 e. The van der Waals surface area contributed by atoms with Gasteiger partial charge in [-0.3, -0.25) is 0 Å². The van der Waals surface area contributed by atoms with E-state index in [1.54, 1.807) is 11.1 Å². The van der Waals surface area contributed by atoms with Crippen LogP contribution in [0.1, 0.15) is 63.5 Å². The molecule has 0 aromatic heterocycles. The van der Waals surface area contributed by atoms with E-state index in [9.17, 15) is 0 Å². The molecule has 0 spiro atoms. The highest BCUT2D eigenvalue weighted by Gasteiger charge is 2.50. The van der Waals surface area contributed by atoms with E-state index in [0.29, 0.717) is 11.5 Å². The van der Waals surface area contributed by atoms with Crippen LogP contribution in [-0.4, -0.2) is 12.6 Å². The van der Waals surface area contributed by atoms with Crippen LogP contribution in [0.5, 0.6) is 0 Å². The summed E-state index contributed by atoms with van der Waals surface area (Å²) in [7, 11) is 0. The molecule has 0 amide bonds. The minimum absolute atomic E-state index is 0.570. The van der Waals surface area contributed by atoms with Crippen LogP contribution < -0.4 is 5.32 Å². The summed E-state index contributed by atoms with van der Waals surface area (Å²) >= 11 is 0. The van der Waals surface area contributed by atoms with Crippen LogP contribution in [0.2, 0.25) is 0 Å². The minimum atomic E-state index is 0.570. The molecule has 3 unspecified atom stereocenters. The second-order valence-corrected chi connectivity index (χ2v) is 7.49. The van der Waals surface area contributed by atoms with Crippen LogP contribution in [0.4, 0.5) is 0 Å². The van der Waals surface area contributed by atoms with E-state index in [-0.39, 0.29) is 0 Å². The van der Waals surface area contributed by atoms with Crippen LogP contribution >= 0.6 is 0 Å². The third kappa shape index (κ3) is 2.79. The molecule has 1 nitrogen and oxygen atoms in total. The zero-order valence-corrected chi connectivity index (χ0v) is 13.3. The van der Waals surface area contributed by atoms with Gasteiger partial charge in [0, 0.05) is 6.04 Å². The Kier molecular flexibility index (Phi) is 3.90. The predicted octanol–water partition coefficient (Wildman–Crippen LogP) is 4.52. The normalized spacial score (nSPS) is 28.8. The van der Waals surface area contributed by atoms with Gasteiger partial charge in [0.1, 0.15) is 0 Å². The monoisotopic (exact) mass is 271 g/mol. The van der Waals surface area contributed by atoms with Crippen LogP contribution in [0.3, 0.4) is 0 Å². The molecule has 1 aromatic carbocycles. The molecule has 2 aliphatic rings. The lowest BCUT2D eigenvalue weighted by Gasteiger charge is -2.30. The van der Waals surface area contributed by atoms with Crippen molar-refractivity contribution in [2.45, 2.75) is 64.8 Å². The Hall–Kier alpha value is -0.820. The van der Waals surface area contributed by atoms with Crippen molar-refractivity contribution in [3.05, 3.63) is 35.4 Å². The number of nitrogens with one attached hydrogen (secondary N) is 1. The predicted molar refractivity (Wildman–Crippen MR) is 86.1 cm³/mol. The number of benzene rings is 1. The number of hydrogen-bond donors (Lipinski definition) is 1. The molecule has 1 N–H and O–H groups in total. The summed E-state index contributed by atoms with van der Waals surface area (Å²) in [4.78, 5) is 0. The Balaban J connectivity index is 1.73. The highest BCUT2D eigenvalue weighted by Crippen LogP contribution is 2.55. The van der Waals surface area contributed by atoms with Gasteiger partial charge in [0.05, 0.1) is 0 Å². The lowest BCUT2D eigenvalue weighted by Crippen LogP contribution is -2.34. The van der Waals surface area contributed by atoms with Crippen molar-refractivity contribution < 1.29 is 0 Å². The Morgan fingerprint density at radius 2 is 2.05 bits per heavy atom. The van der Waals surface area contributed by atoms with E-state index >= 15 is 0 Å². The first-order valence-corrected chi connectivity index (χ1v) is 8.43. The van der Waals surface area contributed by atoms with E-state index in [0.717, 1.165) is 18.4 Å². The van der Waals surface area contributed by atoms with Gasteiger partial charge in [-0.2, -0.15) is 0 Å². The SMILES string of the molecule is CCNC(CC1CCCc2ccccc21)C1CC1(C)C. The van der Waals surface area contributed by atoms with E-state index in [2.05, 4.69) is 50.4 Å². The highest BCUT2D eigenvalue weighted by atomic mass is 14.9. The molecule has 1 aromatic rings. The lowest BCUT2D eigenvalue weighted by molar-refractivity contribution is 0.352. The van der Waals surface area contributed by atoms with Crippen molar-refractivity contribution in [1.82, 2.24) is 5.32 Å². The summed E-state index contributed by atoms with van der Waals surface area (Å²) in [6.45, 7) is 8.20. The fourth-order valence-electron chi connectivity index (χ4n) is 4.25. The van der Waals surface area contributed by atoms with Crippen LogP contribution in [0.15, 0.2) is 24.3 Å². The van der Waals surface area contributed by atoms with Gasteiger partial charge in [-0.1, -0.05) is 45.0 Å². The van der Waals surface area contributed by atoms with Crippen LogP contribution in [0.25, 0.3) is 0 Å². The van der Waals surface area contributed by atoms with Gasteiger partial charge < -0.3 is 5.32 Å². The van der Waals surface area contributed by atoms with Gasteiger partial charge in [-0.05, 0) is 67.0 Å². The van der Waals surface area contributed by atoms with Crippen molar-refractivity contribution in [1.29, 1.82) is 0 Å². The highest BCUT2D eigenvalue weighted by molar-refractivity contribution is 5.32. The molecule has 2 aliphatic carbocycles. The molecule has 0 radical (unpaired) electrons. The van der Waals surface area contributed by atoms with E-state index in [1.165, 1.54) is 32.1 Å². The van der Waals surface area contributed by atoms with Gasteiger partial charge in [-0.25, -0.2) is 0 Å². The van der Waals surface area contributed by atoms with Gasteiger partial charge in [0.15, 0.2) is 0 Å². The Labute approximate surface area is 124 Å². The first-order chi connectivity index (χ1) is 9.62. The molecule has 0 bridgehead atoms. The molecule has 1 heteroatoms. The van der Waals surface area contributed by atoms with Crippen molar-refractivity contribution in [2.75, 3.05) is 6.54 Å². The summed E-state index contributed by atoms with van der Waals surface area (Å²) in [6.07, 6.45) is 6.77. The Morgan fingerprint density at radius 3 is 2.75 bits per heavy atom. The topological polar surface area (TPSA) is 12.0 Å². The summed E-state index contributed by atoms with van der Waals surface area (Å²) in [6, 6.07) is 9.85. The molecule has 3 rings (SSSR count). The zero-order valence-electron chi connectivity index (χ0n) is 13.3. The number of fused-ring (bicyclic) bond motifs is 1. The van der Waals surface area contributed by atoms with Crippen molar-refractivity contribution in [3.8, 4) is 0 Å². The van der Waals surface area contributed by atoms with Crippen molar-refractivity contribution in [3.63, 3.8) is 0 Å². The minimum Gasteiger partial charge on any atom is -0.314 e. The fourth-order valence-corrected chi connectivity index (χ4v) is 4.25. The molecular formula is C19H29N. The van der Waals surface area contributed by atoms with E-state index in [4.69, 9.17) is 0 Å². The molecule has 1 fully saturated rings. The zero-order chi connectivity index (χ0) is 14.2. The molecule has 1 saturated carbocycles. The van der Waals surface area contributed by atoms with Gasteiger partial charge in [-0.15, -0.1) is 0 Å². The summed E-state index contributed by atoms with van der Waals surface area (Å²) in [5.41, 5.74) is 3.82. The summed E-state index contributed by atoms with van der Waals surface area (Å²) in [5, 5.41) is 3.78.